The zero-order valence-corrected chi connectivity index (χ0v) is 9.89. The smallest absolute Gasteiger partial charge is 0.108 e. The molecular formula is C8H15OY-. The Morgan fingerprint density at radius 2 is 1.90 bits per heavy atom. The number of hydrogen-bond acceptors (Lipinski definition) is 1. The van der Waals surface area contributed by atoms with E-state index in [4.69, 9.17) is 0 Å². The van der Waals surface area contributed by atoms with Crippen LogP contribution in [0.1, 0.15) is 27.2 Å². The molecule has 1 atom stereocenters. The number of Topliss-reactive ketones (excluding diaryl/α,β-unsaturated/α-hetero) is 1. The van der Waals surface area contributed by atoms with Crippen LogP contribution >= 0.6 is 0 Å². The second kappa shape index (κ2) is 6.48. The first-order valence-electron chi connectivity index (χ1n) is 3.46. The van der Waals surface area contributed by atoms with Gasteiger partial charge in [-0.1, -0.05) is 27.2 Å². The van der Waals surface area contributed by atoms with Crippen molar-refractivity contribution in [3.63, 3.8) is 0 Å². The van der Waals surface area contributed by atoms with Crippen molar-refractivity contribution in [3.8, 4) is 0 Å². The zero-order valence-electron chi connectivity index (χ0n) is 7.05. The van der Waals surface area contributed by atoms with Crippen LogP contribution in [0.2, 0.25) is 0 Å². The fourth-order valence-corrected chi connectivity index (χ4v) is 0.673. The summed E-state index contributed by atoms with van der Waals surface area (Å²) in [5.74, 6) is 0.426. The van der Waals surface area contributed by atoms with Crippen molar-refractivity contribution in [3.05, 3.63) is 6.92 Å². The van der Waals surface area contributed by atoms with Crippen molar-refractivity contribution >= 4 is 5.78 Å². The van der Waals surface area contributed by atoms with Crippen molar-refractivity contribution in [2.45, 2.75) is 27.2 Å². The molecular weight excluding hydrogens is 201 g/mol. The fraction of sp³-hybridized carbons (Fsp3) is 0.750. The van der Waals surface area contributed by atoms with Crippen molar-refractivity contribution in [1.29, 1.82) is 0 Å². The Morgan fingerprint density at radius 3 is 2.00 bits per heavy atom. The minimum atomic E-state index is 0. The van der Waals surface area contributed by atoms with Gasteiger partial charge >= 0.3 is 0 Å². The van der Waals surface area contributed by atoms with Crippen LogP contribution in [0.5, 0.6) is 0 Å². The summed E-state index contributed by atoms with van der Waals surface area (Å²) in [5, 5.41) is 0. The zero-order chi connectivity index (χ0) is 7.44. The molecule has 1 nitrogen and oxygen atoms in total. The predicted molar refractivity (Wildman–Crippen MR) is 39.0 cm³/mol. The molecule has 0 bridgehead atoms. The van der Waals surface area contributed by atoms with Gasteiger partial charge < -0.3 is 11.7 Å². The van der Waals surface area contributed by atoms with Gasteiger partial charge in [0.1, 0.15) is 5.78 Å². The van der Waals surface area contributed by atoms with Gasteiger partial charge in [-0.05, 0) is 0 Å². The van der Waals surface area contributed by atoms with Gasteiger partial charge in [0.15, 0.2) is 0 Å². The average molecular weight is 216 g/mol. The quantitative estimate of drug-likeness (QED) is 0.660. The first kappa shape index (κ1) is 13.4. The summed E-state index contributed by atoms with van der Waals surface area (Å²) in [6.45, 7) is 9.54. The summed E-state index contributed by atoms with van der Waals surface area (Å²) in [5.41, 5.74) is 0. The van der Waals surface area contributed by atoms with Gasteiger partial charge in [-0.15, -0.1) is 5.92 Å². The second-order valence-corrected chi connectivity index (χ2v) is 2.66. The molecule has 0 spiro atoms. The monoisotopic (exact) mass is 216 g/mol. The third kappa shape index (κ3) is 4.57. The molecule has 0 aliphatic rings. The molecule has 10 heavy (non-hydrogen) atoms. The van der Waals surface area contributed by atoms with Gasteiger partial charge in [0.25, 0.3) is 0 Å². The van der Waals surface area contributed by atoms with Crippen molar-refractivity contribution in [1.82, 2.24) is 0 Å². The molecule has 0 saturated carbocycles. The molecule has 0 aromatic heterocycles. The fourth-order valence-electron chi connectivity index (χ4n) is 0.673. The van der Waals surface area contributed by atoms with E-state index in [1.165, 1.54) is 0 Å². The van der Waals surface area contributed by atoms with E-state index in [1.807, 2.05) is 20.8 Å². The van der Waals surface area contributed by atoms with E-state index in [1.54, 1.807) is 0 Å². The molecule has 0 N–H and O–H groups in total. The maximum atomic E-state index is 11.0. The van der Waals surface area contributed by atoms with Crippen LogP contribution in [0.15, 0.2) is 0 Å². The topological polar surface area (TPSA) is 17.1 Å². The Morgan fingerprint density at radius 1 is 1.50 bits per heavy atom. The Labute approximate surface area is 88.8 Å². The molecule has 0 aromatic carbocycles. The first-order valence-corrected chi connectivity index (χ1v) is 3.46. The molecule has 0 heterocycles. The second-order valence-electron chi connectivity index (χ2n) is 2.66. The van der Waals surface area contributed by atoms with Gasteiger partial charge in [0.05, 0.1) is 0 Å². The van der Waals surface area contributed by atoms with Crippen LogP contribution < -0.4 is 0 Å². The molecule has 0 saturated heterocycles. The van der Waals surface area contributed by atoms with E-state index in [-0.39, 0.29) is 50.3 Å². The van der Waals surface area contributed by atoms with Crippen molar-refractivity contribution < 1.29 is 37.5 Å². The van der Waals surface area contributed by atoms with Crippen LogP contribution in [-0.2, 0) is 37.5 Å². The van der Waals surface area contributed by atoms with E-state index in [2.05, 4.69) is 6.92 Å². The van der Waals surface area contributed by atoms with Gasteiger partial charge in [-0.25, -0.2) is 0 Å². The summed E-state index contributed by atoms with van der Waals surface area (Å²) in [4.78, 5) is 11.0. The summed E-state index contributed by atoms with van der Waals surface area (Å²) in [7, 11) is 0. The number of ketones is 1. The third-order valence-electron chi connectivity index (χ3n) is 1.46. The summed E-state index contributed by atoms with van der Waals surface area (Å²) in [6, 6.07) is 0. The minimum absolute atomic E-state index is 0. The van der Waals surface area contributed by atoms with E-state index in [0.717, 1.165) is 6.42 Å². The van der Waals surface area contributed by atoms with Gasteiger partial charge in [-0.3, -0.25) is 0 Å². The Hall–Kier alpha value is 0.774. The largest absolute Gasteiger partial charge is 0.333 e. The van der Waals surface area contributed by atoms with E-state index >= 15 is 0 Å². The summed E-state index contributed by atoms with van der Waals surface area (Å²) >= 11 is 0. The predicted octanol–water partition coefficient (Wildman–Crippen LogP) is 2.07. The molecule has 2 heteroatoms. The summed E-state index contributed by atoms with van der Waals surface area (Å²) in [6.07, 6.45) is 0.858. The maximum absolute atomic E-state index is 11.0. The van der Waals surface area contributed by atoms with Crippen LogP contribution in [-0.4, -0.2) is 5.78 Å². The van der Waals surface area contributed by atoms with Crippen LogP contribution in [0.3, 0.4) is 0 Å². The molecule has 0 amide bonds. The van der Waals surface area contributed by atoms with E-state index in [9.17, 15) is 4.79 Å². The summed E-state index contributed by atoms with van der Waals surface area (Å²) < 4.78 is 0. The van der Waals surface area contributed by atoms with E-state index in [0.29, 0.717) is 0 Å². The standard InChI is InChI=1S/C8H15O.Y/c1-5-7(4)8(9)6(2)3;/h6-7H,4-5H2,1-3H3;/q-1;. The molecule has 0 rings (SSSR count). The number of carbonyl (C=O) groups excluding carboxylic acids is 1. The van der Waals surface area contributed by atoms with Gasteiger partial charge in [0, 0.05) is 38.6 Å². The van der Waals surface area contributed by atoms with Gasteiger partial charge in [0.2, 0.25) is 0 Å². The average Bonchev–Trinajstić information content (AvgIpc) is 1.84. The number of hydrogen-bond donors (Lipinski definition) is 0. The van der Waals surface area contributed by atoms with E-state index < -0.39 is 0 Å². The Balaban J connectivity index is 0. The SMILES string of the molecule is [CH2-]C(CC)C(=O)C(C)C.[Y]. The first-order chi connectivity index (χ1) is 4.09. The van der Waals surface area contributed by atoms with Crippen LogP contribution in [0, 0.1) is 18.8 Å². The Kier molecular flexibility index (Phi) is 8.67. The van der Waals surface area contributed by atoms with Crippen molar-refractivity contribution in [2.24, 2.45) is 11.8 Å². The number of rotatable bonds is 3. The molecule has 0 aliphatic heterocycles. The molecule has 0 aromatic rings. The Bertz CT molecular complexity index is 99.4. The maximum Gasteiger partial charge on any atom is 0.108 e. The third-order valence-corrected chi connectivity index (χ3v) is 1.46. The van der Waals surface area contributed by atoms with Crippen molar-refractivity contribution in [2.75, 3.05) is 0 Å². The molecule has 1 radical (unpaired) electrons. The van der Waals surface area contributed by atoms with Crippen LogP contribution in [0.4, 0.5) is 0 Å². The number of carbonyl (C=O) groups is 1. The van der Waals surface area contributed by atoms with Gasteiger partial charge in [-0.2, -0.15) is 0 Å². The van der Waals surface area contributed by atoms with Crippen LogP contribution in [0.25, 0.3) is 0 Å². The molecule has 0 aliphatic carbocycles. The molecule has 57 valence electrons. The minimum Gasteiger partial charge on any atom is -0.333 e. The molecule has 1 unspecified atom stereocenters. The molecule has 0 fully saturated rings. The normalized spacial score (nSPS) is 12.5.